The average Bonchev–Trinajstić information content (AvgIpc) is 2.73. The molecule has 1 aromatic rings. The first kappa shape index (κ1) is 11.3. The van der Waals surface area contributed by atoms with E-state index in [-0.39, 0.29) is 0 Å². The standard InChI is InChI=1S/C16H23N/c1-13-6-5-7-14(10-13)15-11-17-12-16(15)8-3-2-4-9-16/h5-7,10,15,17H,2-4,8-9,11-12H2,1H3. The zero-order chi connectivity index (χ0) is 11.7. The van der Waals surface area contributed by atoms with Crippen molar-refractivity contribution >= 4 is 0 Å². The lowest BCUT2D eigenvalue weighted by Crippen LogP contribution is -2.31. The maximum Gasteiger partial charge on any atom is 0.00321 e. The predicted molar refractivity (Wildman–Crippen MR) is 72.3 cm³/mol. The molecule has 1 unspecified atom stereocenters. The van der Waals surface area contributed by atoms with E-state index >= 15 is 0 Å². The van der Waals surface area contributed by atoms with Crippen LogP contribution in [0, 0.1) is 12.3 Å². The fourth-order valence-corrected chi connectivity index (χ4v) is 3.94. The lowest BCUT2D eigenvalue weighted by atomic mass is 9.65. The lowest BCUT2D eigenvalue weighted by molar-refractivity contribution is 0.189. The minimum Gasteiger partial charge on any atom is -0.316 e. The number of aryl methyl sites for hydroxylation is 1. The van der Waals surface area contributed by atoms with Crippen molar-refractivity contribution in [2.45, 2.75) is 44.9 Å². The fraction of sp³-hybridized carbons (Fsp3) is 0.625. The predicted octanol–water partition coefficient (Wildman–Crippen LogP) is 3.63. The summed E-state index contributed by atoms with van der Waals surface area (Å²) >= 11 is 0. The summed E-state index contributed by atoms with van der Waals surface area (Å²) in [5.74, 6) is 0.752. The molecule has 1 nitrogen and oxygen atoms in total. The molecule has 1 aliphatic carbocycles. The maximum atomic E-state index is 3.65. The largest absolute Gasteiger partial charge is 0.316 e. The highest BCUT2D eigenvalue weighted by molar-refractivity contribution is 5.29. The monoisotopic (exact) mass is 229 g/mol. The summed E-state index contributed by atoms with van der Waals surface area (Å²) in [5.41, 5.74) is 3.55. The van der Waals surface area contributed by atoms with Crippen molar-refractivity contribution in [1.29, 1.82) is 0 Å². The minimum atomic E-state index is 0.575. The number of nitrogens with one attached hydrogen (secondary N) is 1. The molecule has 1 heteroatoms. The first-order valence-electron chi connectivity index (χ1n) is 7.07. The van der Waals surface area contributed by atoms with Crippen LogP contribution in [0.1, 0.15) is 49.1 Å². The normalized spacial score (nSPS) is 27.5. The van der Waals surface area contributed by atoms with E-state index in [0.29, 0.717) is 5.41 Å². The van der Waals surface area contributed by atoms with Gasteiger partial charge in [0.25, 0.3) is 0 Å². The molecule has 3 rings (SSSR count). The molecule has 17 heavy (non-hydrogen) atoms. The first-order valence-corrected chi connectivity index (χ1v) is 7.07. The third kappa shape index (κ3) is 2.01. The molecule has 92 valence electrons. The quantitative estimate of drug-likeness (QED) is 0.775. The Morgan fingerprint density at radius 2 is 2.00 bits per heavy atom. The number of benzene rings is 1. The van der Waals surface area contributed by atoms with E-state index in [1.165, 1.54) is 50.8 Å². The molecule has 1 spiro atoms. The third-order valence-electron chi connectivity index (χ3n) is 4.86. The zero-order valence-electron chi connectivity index (χ0n) is 10.8. The van der Waals surface area contributed by atoms with Crippen LogP contribution in [0.5, 0.6) is 0 Å². The number of hydrogen-bond acceptors (Lipinski definition) is 1. The summed E-state index contributed by atoms with van der Waals surface area (Å²) in [5, 5.41) is 3.65. The Balaban J connectivity index is 1.91. The summed E-state index contributed by atoms with van der Waals surface area (Å²) in [7, 11) is 0. The lowest BCUT2D eigenvalue weighted by Gasteiger charge is -2.38. The van der Waals surface area contributed by atoms with Crippen LogP contribution in [0.4, 0.5) is 0 Å². The van der Waals surface area contributed by atoms with Gasteiger partial charge in [-0.2, -0.15) is 0 Å². The van der Waals surface area contributed by atoms with Gasteiger partial charge in [-0.15, -0.1) is 0 Å². The van der Waals surface area contributed by atoms with Crippen molar-refractivity contribution < 1.29 is 0 Å². The molecular formula is C16H23N. The van der Waals surface area contributed by atoms with Gasteiger partial charge >= 0.3 is 0 Å². The second kappa shape index (κ2) is 4.45. The van der Waals surface area contributed by atoms with E-state index in [1.54, 1.807) is 5.56 Å². The van der Waals surface area contributed by atoms with Crippen molar-refractivity contribution in [3.8, 4) is 0 Å². The summed E-state index contributed by atoms with van der Waals surface area (Å²) in [6.07, 6.45) is 7.17. The Hall–Kier alpha value is -0.820. The van der Waals surface area contributed by atoms with Crippen LogP contribution < -0.4 is 5.32 Å². The van der Waals surface area contributed by atoms with Crippen LogP contribution in [0.2, 0.25) is 0 Å². The Morgan fingerprint density at radius 3 is 2.76 bits per heavy atom. The molecule has 1 aliphatic heterocycles. The summed E-state index contributed by atoms with van der Waals surface area (Å²) in [4.78, 5) is 0. The molecule has 1 N–H and O–H groups in total. The van der Waals surface area contributed by atoms with Crippen LogP contribution in [-0.2, 0) is 0 Å². The number of rotatable bonds is 1. The van der Waals surface area contributed by atoms with Gasteiger partial charge < -0.3 is 5.32 Å². The van der Waals surface area contributed by atoms with Crippen LogP contribution in [0.3, 0.4) is 0 Å². The van der Waals surface area contributed by atoms with Gasteiger partial charge in [0.15, 0.2) is 0 Å². The zero-order valence-corrected chi connectivity index (χ0v) is 10.8. The van der Waals surface area contributed by atoms with Gasteiger partial charge in [0.05, 0.1) is 0 Å². The van der Waals surface area contributed by atoms with Crippen molar-refractivity contribution in [3.05, 3.63) is 35.4 Å². The summed E-state index contributed by atoms with van der Waals surface area (Å²) < 4.78 is 0. The molecule has 0 radical (unpaired) electrons. The Labute approximate surface area is 105 Å². The highest BCUT2D eigenvalue weighted by Crippen LogP contribution is 2.49. The Morgan fingerprint density at radius 1 is 1.18 bits per heavy atom. The van der Waals surface area contributed by atoms with Gasteiger partial charge in [0, 0.05) is 19.0 Å². The van der Waals surface area contributed by atoms with Crippen LogP contribution in [-0.4, -0.2) is 13.1 Å². The molecule has 1 aromatic carbocycles. The number of hydrogen-bond donors (Lipinski definition) is 1. The minimum absolute atomic E-state index is 0.575. The molecular weight excluding hydrogens is 206 g/mol. The van der Waals surface area contributed by atoms with Gasteiger partial charge in [-0.3, -0.25) is 0 Å². The van der Waals surface area contributed by atoms with Crippen LogP contribution in [0.25, 0.3) is 0 Å². The average molecular weight is 229 g/mol. The fourth-order valence-electron chi connectivity index (χ4n) is 3.94. The Bertz CT molecular complexity index is 390. The highest BCUT2D eigenvalue weighted by Gasteiger charge is 2.43. The Kier molecular flexibility index (Phi) is 2.96. The van der Waals surface area contributed by atoms with Crippen molar-refractivity contribution in [3.63, 3.8) is 0 Å². The van der Waals surface area contributed by atoms with E-state index in [0.717, 1.165) is 5.92 Å². The SMILES string of the molecule is Cc1cccc(C2CNCC23CCCCC3)c1. The highest BCUT2D eigenvalue weighted by atomic mass is 14.9. The molecule has 2 fully saturated rings. The van der Waals surface area contributed by atoms with Gasteiger partial charge in [0.1, 0.15) is 0 Å². The van der Waals surface area contributed by atoms with Gasteiger partial charge in [-0.1, -0.05) is 49.1 Å². The smallest absolute Gasteiger partial charge is 0.00321 e. The van der Waals surface area contributed by atoms with Crippen molar-refractivity contribution in [2.75, 3.05) is 13.1 Å². The third-order valence-corrected chi connectivity index (χ3v) is 4.86. The molecule has 1 atom stereocenters. The van der Waals surface area contributed by atoms with E-state index < -0.39 is 0 Å². The molecule has 2 aliphatic rings. The molecule has 1 saturated heterocycles. The second-order valence-electron chi connectivity index (χ2n) is 6.02. The second-order valence-corrected chi connectivity index (χ2v) is 6.02. The summed E-state index contributed by atoms with van der Waals surface area (Å²) in [6, 6.07) is 9.16. The topological polar surface area (TPSA) is 12.0 Å². The van der Waals surface area contributed by atoms with Gasteiger partial charge in [0.2, 0.25) is 0 Å². The van der Waals surface area contributed by atoms with Gasteiger partial charge in [-0.05, 0) is 30.7 Å². The van der Waals surface area contributed by atoms with Crippen molar-refractivity contribution in [2.24, 2.45) is 5.41 Å². The molecule has 0 aromatic heterocycles. The van der Waals surface area contributed by atoms with Crippen LogP contribution >= 0.6 is 0 Å². The molecule has 0 bridgehead atoms. The van der Waals surface area contributed by atoms with Crippen LogP contribution in [0.15, 0.2) is 24.3 Å². The van der Waals surface area contributed by atoms with E-state index in [4.69, 9.17) is 0 Å². The maximum absolute atomic E-state index is 3.65. The molecule has 0 amide bonds. The first-order chi connectivity index (χ1) is 8.30. The molecule has 1 saturated carbocycles. The van der Waals surface area contributed by atoms with Crippen molar-refractivity contribution in [1.82, 2.24) is 5.32 Å². The summed E-state index contributed by atoms with van der Waals surface area (Å²) in [6.45, 7) is 4.63. The van der Waals surface area contributed by atoms with E-state index in [9.17, 15) is 0 Å². The van der Waals surface area contributed by atoms with E-state index in [1.807, 2.05) is 0 Å². The molecule has 1 heterocycles. The van der Waals surface area contributed by atoms with Gasteiger partial charge in [-0.25, -0.2) is 0 Å². The van der Waals surface area contributed by atoms with E-state index in [2.05, 4.69) is 36.5 Å².